The Hall–Kier alpha value is -3.52. The van der Waals surface area contributed by atoms with Gasteiger partial charge in [-0.05, 0) is 0 Å². The van der Waals surface area contributed by atoms with Crippen molar-refractivity contribution in [1.82, 2.24) is 39.0 Å². The van der Waals surface area contributed by atoms with Gasteiger partial charge in [0.25, 0.3) is 5.56 Å². The second-order valence-corrected chi connectivity index (χ2v) is 15.0. The molecule has 0 spiro atoms. The number of hydrogen-bond acceptors (Lipinski definition) is 22. The van der Waals surface area contributed by atoms with Gasteiger partial charge in [0.1, 0.15) is 48.5 Å². The standard InChI is InChI=1S/C26H36N10O15P2/c1-42-3-5-44-52(40)46-7-12-16(37)19(25(48-12)36-11-32-15-22(36)33-26(28)34-23(15)39)51-53(41,45-6-4-43-2)47-8-13-18(50-52)17(38)24(49-13)35-10-31-14-20(27)29-9-30-21(14)35/h9-13,16-19,24-25,37-38H,3-8H2,1-2H3,(H2,27,29,30)(H3,28,33,34,39)/t12-,13-,16?,17?,18?,19?,24-,25-,52?,53?/m1/s1. The lowest BCUT2D eigenvalue weighted by atomic mass is 10.1. The van der Waals surface area contributed by atoms with E-state index in [-0.39, 0.29) is 60.5 Å². The minimum atomic E-state index is -4.76. The predicted octanol–water partition coefficient (Wildman–Crippen LogP) is -1.00. The summed E-state index contributed by atoms with van der Waals surface area (Å²) in [6, 6.07) is 0. The van der Waals surface area contributed by atoms with Crippen LogP contribution < -0.4 is 17.0 Å². The summed E-state index contributed by atoms with van der Waals surface area (Å²) in [6.07, 6.45) is -8.34. The number of nitrogens with two attached hydrogens (primary N) is 2. The molecule has 3 fully saturated rings. The second-order valence-electron chi connectivity index (χ2n) is 11.7. The van der Waals surface area contributed by atoms with Crippen molar-refractivity contribution in [2.24, 2.45) is 0 Å². The maximum Gasteiger partial charge on any atom is 0.475 e. The first kappa shape index (κ1) is 37.8. The SMILES string of the molecule is COCCOP1(=O)OC[C@H]2O[C@@H](n3cnc4c(N)ncnc43)C(O)C2OP(=O)(OCCOC)OC[C@H]2O[C@@H](n3cnc4c(=O)[nH]c(N)nc43)C(O1)C2O. The van der Waals surface area contributed by atoms with Crippen LogP contribution in [0.15, 0.2) is 23.8 Å². The molecular weight excluding hydrogens is 754 g/mol. The van der Waals surface area contributed by atoms with Gasteiger partial charge in [-0.15, -0.1) is 0 Å². The molecule has 2 bridgehead atoms. The average Bonchev–Trinajstić information content (AvgIpc) is 3.88. The molecule has 0 radical (unpaired) electrons. The van der Waals surface area contributed by atoms with E-state index >= 15 is 0 Å². The van der Waals surface area contributed by atoms with Gasteiger partial charge in [0, 0.05) is 14.2 Å². The first-order valence-electron chi connectivity index (χ1n) is 15.9. The highest BCUT2D eigenvalue weighted by Gasteiger charge is 2.55. The maximum absolute atomic E-state index is 14.4. The first-order chi connectivity index (χ1) is 25.4. The number of methoxy groups -OCH3 is 2. The van der Waals surface area contributed by atoms with Crippen LogP contribution in [0, 0.1) is 0 Å². The van der Waals surface area contributed by atoms with Crippen molar-refractivity contribution in [2.75, 3.05) is 65.3 Å². The van der Waals surface area contributed by atoms with Crippen molar-refractivity contribution < 1.29 is 65.4 Å². The van der Waals surface area contributed by atoms with Gasteiger partial charge in [-0.3, -0.25) is 46.1 Å². The Kier molecular flexibility index (Phi) is 10.9. The summed E-state index contributed by atoms with van der Waals surface area (Å²) in [5.41, 5.74) is 11.2. The molecule has 7 heterocycles. The van der Waals surface area contributed by atoms with E-state index < -0.39 is 83.5 Å². The second kappa shape index (κ2) is 15.3. The van der Waals surface area contributed by atoms with Crippen LogP contribution in [-0.4, -0.2) is 140 Å². The van der Waals surface area contributed by atoms with E-state index in [1.54, 1.807) is 0 Å². The third-order valence-corrected chi connectivity index (χ3v) is 11.3. The van der Waals surface area contributed by atoms with Crippen molar-refractivity contribution >= 4 is 49.7 Å². The lowest BCUT2D eigenvalue weighted by molar-refractivity contribution is -0.0718. The number of nitrogens with zero attached hydrogens (tertiary/aromatic N) is 7. The number of nitrogen functional groups attached to an aromatic ring is 2. The van der Waals surface area contributed by atoms with Gasteiger partial charge in [-0.1, -0.05) is 0 Å². The number of ether oxygens (including phenoxy) is 4. The normalized spacial score (nSPS) is 33.8. The van der Waals surface area contributed by atoms with Gasteiger partial charge in [0.15, 0.2) is 35.1 Å². The molecule has 0 aromatic carbocycles. The Balaban J connectivity index is 1.27. The molecule has 25 nitrogen and oxygen atoms in total. The van der Waals surface area contributed by atoms with E-state index in [2.05, 4.69) is 29.9 Å². The number of aliphatic hydroxyl groups excluding tert-OH is 2. The molecule has 4 aromatic rings. The number of aromatic nitrogens is 8. The molecule has 10 atom stereocenters. The minimum absolute atomic E-state index is 0.0384. The number of hydrogen-bond donors (Lipinski definition) is 5. The van der Waals surface area contributed by atoms with Gasteiger partial charge in [0.2, 0.25) is 5.95 Å². The van der Waals surface area contributed by atoms with E-state index in [9.17, 15) is 24.1 Å². The smallest absolute Gasteiger partial charge is 0.387 e. The number of H-pyrrole nitrogens is 1. The molecule has 0 saturated carbocycles. The zero-order valence-electron chi connectivity index (χ0n) is 28.0. The fourth-order valence-corrected chi connectivity index (χ4v) is 8.61. The van der Waals surface area contributed by atoms with Crippen LogP contribution >= 0.6 is 15.6 Å². The topological polar surface area (TPSA) is 326 Å². The molecule has 290 valence electrons. The summed E-state index contributed by atoms with van der Waals surface area (Å²) < 4.78 is 87.9. The van der Waals surface area contributed by atoms with Crippen molar-refractivity contribution in [3.05, 3.63) is 29.3 Å². The Labute approximate surface area is 297 Å². The molecular formula is C26H36N10O15P2. The Morgan fingerprint density at radius 2 is 1.42 bits per heavy atom. The van der Waals surface area contributed by atoms with Crippen molar-refractivity contribution in [2.45, 2.75) is 49.1 Å². The first-order valence-corrected chi connectivity index (χ1v) is 18.8. The predicted molar refractivity (Wildman–Crippen MR) is 175 cm³/mol. The number of imidazole rings is 2. The molecule has 53 heavy (non-hydrogen) atoms. The van der Waals surface area contributed by atoms with Crippen LogP contribution in [0.25, 0.3) is 22.3 Å². The lowest BCUT2D eigenvalue weighted by Gasteiger charge is -2.28. The monoisotopic (exact) mass is 790 g/mol. The molecule has 7 rings (SSSR count). The largest absolute Gasteiger partial charge is 0.475 e. The lowest BCUT2D eigenvalue weighted by Crippen LogP contribution is -2.36. The molecule has 0 aliphatic carbocycles. The highest BCUT2D eigenvalue weighted by Crippen LogP contribution is 2.57. The molecule has 4 aromatic heterocycles. The van der Waals surface area contributed by atoms with Crippen molar-refractivity contribution in [3.8, 4) is 0 Å². The van der Waals surface area contributed by atoms with Crippen molar-refractivity contribution in [3.63, 3.8) is 0 Å². The van der Waals surface area contributed by atoms with Gasteiger partial charge in [-0.25, -0.2) is 29.1 Å². The number of anilines is 2. The summed E-state index contributed by atoms with van der Waals surface area (Å²) in [6.45, 7) is -2.06. The Morgan fingerprint density at radius 3 is 2.09 bits per heavy atom. The average molecular weight is 791 g/mol. The molecule has 3 saturated heterocycles. The van der Waals surface area contributed by atoms with Crippen LogP contribution in [0.1, 0.15) is 12.5 Å². The van der Waals surface area contributed by atoms with Gasteiger partial charge >= 0.3 is 15.6 Å². The third-order valence-electron chi connectivity index (χ3n) is 8.38. The summed E-state index contributed by atoms with van der Waals surface area (Å²) in [5, 5.41) is 23.2. The highest BCUT2D eigenvalue weighted by atomic mass is 31.2. The number of nitrogens with one attached hydrogen (secondary N) is 1. The third kappa shape index (κ3) is 7.46. The maximum atomic E-state index is 14.4. The Bertz CT molecular complexity index is 2080. The van der Waals surface area contributed by atoms with Gasteiger partial charge in [-0.2, -0.15) is 4.98 Å². The molecule has 7 N–H and O–H groups in total. The van der Waals surface area contributed by atoms with E-state index in [1.807, 2.05) is 0 Å². The molecule has 3 aliphatic heterocycles. The zero-order valence-corrected chi connectivity index (χ0v) is 29.8. The van der Waals surface area contributed by atoms with Crippen molar-refractivity contribution in [1.29, 1.82) is 0 Å². The van der Waals surface area contributed by atoms with Gasteiger partial charge < -0.3 is 40.6 Å². The van der Waals surface area contributed by atoms with E-state index in [0.29, 0.717) is 0 Å². The van der Waals surface area contributed by atoms with E-state index in [1.165, 1.54) is 42.3 Å². The minimum Gasteiger partial charge on any atom is -0.387 e. The summed E-state index contributed by atoms with van der Waals surface area (Å²) in [4.78, 5) is 35.4. The van der Waals surface area contributed by atoms with Crippen LogP contribution in [0.3, 0.4) is 0 Å². The summed E-state index contributed by atoms with van der Waals surface area (Å²) in [5.74, 6) is -0.192. The number of fused-ring (bicyclic) bond motifs is 5. The molecule has 6 unspecified atom stereocenters. The van der Waals surface area contributed by atoms with Crippen LogP contribution in [-0.2, 0) is 55.2 Å². The number of aliphatic hydroxyl groups is 2. The molecule has 27 heteroatoms. The fraction of sp³-hybridized carbons (Fsp3) is 0.615. The van der Waals surface area contributed by atoms with Crippen LogP contribution in [0.5, 0.6) is 0 Å². The summed E-state index contributed by atoms with van der Waals surface area (Å²) in [7, 11) is -6.70. The number of phosphoric ester groups is 2. The number of phosphoric acid groups is 2. The van der Waals surface area contributed by atoms with Crippen LogP contribution in [0.4, 0.5) is 11.8 Å². The zero-order chi connectivity index (χ0) is 37.5. The highest BCUT2D eigenvalue weighted by molar-refractivity contribution is 7.48. The number of rotatable bonds is 10. The number of aromatic amines is 1. The quantitative estimate of drug-likeness (QED) is 0.0950. The summed E-state index contributed by atoms with van der Waals surface area (Å²) >= 11 is 0. The molecule has 3 aliphatic rings. The Morgan fingerprint density at radius 1 is 0.811 bits per heavy atom. The fourth-order valence-electron chi connectivity index (χ4n) is 5.88. The van der Waals surface area contributed by atoms with Gasteiger partial charge in [0.05, 0.1) is 52.3 Å². The van der Waals surface area contributed by atoms with E-state index in [0.717, 1.165) is 0 Å². The van der Waals surface area contributed by atoms with Crippen LogP contribution in [0.2, 0.25) is 0 Å². The molecule has 0 amide bonds. The van der Waals surface area contributed by atoms with E-state index in [4.69, 9.17) is 57.6 Å².